The van der Waals surface area contributed by atoms with Crippen LogP contribution in [0.1, 0.15) is 0 Å². The topological polar surface area (TPSA) is 73.2 Å². The normalized spacial score (nSPS) is 10.0. The van der Waals surface area contributed by atoms with E-state index in [0.29, 0.717) is 21.8 Å². The number of hydrogen-bond donors (Lipinski definition) is 1. The third kappa shape index (κ3) is 2.75. The number of hydrogen-bond acceptors (Lipinski definition) is 5. The Hall–Kier alpha value is -2.46. The van der Waals surface area contributed by atoms with Crippen molar-refractivity contribution in [3.8, 4) is 12.3 Å². The molecule has 1 aromatic heterocycles. The molecule has 7 heteroatoms. The molecular weight excluding hydrogens is 278 g/mol. The summed E-state index contributed by atoms with van der Waals surface area (Å²) in [5, 5.41) is 0.700. The molecule has 0 aliphatic rings. The zero-order chi connectivity index (χ0) is 14.5. The van der Waals surface area contributed by atoms with Gasteiger partial charge in [-0.3, -0.25) is 4.79 Å². The Kier molecular flexibility index (Phi) is 4.27. The van der Waals surface area contributed by atoms with Crippen LogP contribution in [0.2, 0.25) is 0 Å². The maximum absolute atomic E-state index is 12.4. The molecule has 0 spiro atoms. The van der Waals surface area contributed by atoms with Crippen molar-refractivity contribution < 1.29 is 9.53 Å². The molecule has 2 rings (SSSR count). The smallest absolute Gasteiger partial charge is 0.426 e. The molecule has 0 unspecified atom stereocenters. The minimum Gasteiger partial charge on any atom is -0.452 e. The highest BCUT2D eigenvalue weighted by molar-refractivity contribution is 7.99. The average molecular weight is 289 g/mol. The van der Waals surface area contributed by atoms with Gasteiger partial charge in [0.25, 0.3) is 5.56 Å². The van der Waals surface area contributed by atoms with Crippen LogP contribution in [0.4, 0.5) is 4.79 Å². The van der Waals surface area contributed by atoms with Crippen LogP contribution in [-0.2, 0) is 4.74 Å². The standard InChI is InChI=1S/C13H11N3O3S/c1-3-8-20-12-14-10-7-5-4-6-9(10)11(17)16(12)15-13(18)19-2/h1,4-7H,8H2,2H3,(H,15,18). The number of carbonyl (C=O) groups excluding carboxylic acids is 1. The van der Waals surface area contributed by atoms with Crippen LogP contribution >= 0.6 is 11.8 Å². The number of rotatable bonds is 3. The van der Waals surface area contributed by atoms with Crippen molar-refractivity contribution in [2.75, 3.05) is 18.3 Å². The lowest BCUT2D eigenvalue weighted by molar-refractivity contribution is 0.182. The molecule has 6 nitrogen and oxygen atoms in total. The number of aromatic nitrogens is 2. The predicted octanol–water partition coefficient (Wildman–Crippen LogP) is 1.43. The minimum absolute atomic E-state index is 0.303. The molecule has 1 heterocycles. The summed E-state index contributed by atoms with van der Waals surface area (Å²) < 4.78 is 5.53. The first-order chi connectivity index (χ1) is 9.67. The van der Waals surface area contributed by atoms with Gasteiger partial charge in [0.1, 0.15) is 0 Å². The van der Waals surface area contributed by atoms with Crippen molar-refractivity contribution in [2.45, 2.75) is 5.16 Å². The van der Waals surface area contributed by atoms with Gasteiger partial charge in [0.05, 0.1) is 23.8 Å². The van der Waals surface area contributed by atoms with E-state index in [1.807, 2.05) is 0 Å². The van der Waals surface area contributed by atoms with Gasteiger partial charge < -0.3 is 4.74 Å². The number of amides is 1. The van der Waals surface area contributed by atoms with E-state index in [1.54, 1.807) is 24.3 Å². The molecule has 0 aliphatic carbocycles. The zero-order valence-corrected chi connectivity index (χ0v) is 11.4. The van der Waals surface area contributed by atoms with Crippen LogP contribution in [0, 0.1) is 12.3 Å². The highest BCUT2D eigenvalue weighted by Gasteiger charge is 2.13. The highest BCUT2D eigenvalue weighted by Crippen LogP contribution is 2.16. The number of terminal acetylenes is 1. The molecule has 2 aromatic rings. The lowest BCUT2D eigenvalue weighted by Gasteiger charge is -2.12. The Labute approximate surface area is 119 Å². The fourth-order valence-corrected chi connectivity index (χ4v) is 2.18. The van der Waals surface area contributed by atoms with Gasteiger partial charge in [-0.1, -0.05) is 29.8 Å². The summed E-state index contributed by atoms with van der Waals surface area (Å²) in [5.74, 6) is 2.77. The summed E-state index contributed by atoms with van der Waals surface area (Å²) in [6, 6.07) is 6.86. The van der Waals surface area contributed by atoms with E-state index >= 15 is 0 Å². The number of methoxy groups -OCH3 is 1. The van der Waals surface area contributed by atoms with E-state index in [1.165, 1.54) is 18.9 Å². The van der Waals surface area contributed by atoms with E-state index in [0.717, 1.165) is 4.68 Å². The number of para-hydroxylation sites is 1. The van der Waals surface area contributed by atoms with Gasteiger partial charge in [-0.25, -0.2) is 15.2 Å². The molecule has 1 aromatic carbocycles. The molecule has 0 radical (unpaired) electrons. The third-order valence-corrected chi connectivity index (χ3v) is 3.26. The molecule has 0 aliphatic heterocycles. The quantitative estimate of drug-likeness (QED) is 0.526. The molecule has 0 atom stereocenters. The number of nitrogens with one attached hydrogen (secondary N) is 1. The highest BCUT2D eigenvalue weighted by atomic mass is 32.2. The minimum atomic E-state index is -0.758. The van der Waals surface area contributed by atoms with Gasteiger partial charge in [-0.15, -0.1) is 6.42 Å². The summed E-state index contributed by atoms with van der Waals surface area (Å²) in [6.45, 7) is 0. The van der Waals surface area contributed by atoms with Crippen molar-refractivity contribution in [1.29, 1.82) is 0 Å². The van der Waals surface area contributed by atoms with E-state index in [9.17, 15) is 9.59 Å². The number of thioether (sulfide) groups is 1. The van der Waals surface area contributed by atoms with E-state index in [2.05, 4.69) is 21.1 Å². The van der Waals surface area contributed by atoms with Crippen molar-refractivity contribution in [2.24, 2.45) is 0 Å². The van der Waals surface area contributed by atoms with Gasteiger partial charge in [0.2, 0.25) is 0 Å². The second kappa shape index (κ2) is 6.12. The Morgan fingerprint density at radius 2 is 2.30 bits per heavy atom. The molecule has 0 saturated carbocycles. The number of benzene rings is 1. The molecular formula is C13H11N3O3S. The zero-order valence-electron chi connectivity index (χ0n) is 10.6. The number of nitrogens with zero attached hydrogens (tertiary/aromatic N) is 2. The van der Waals surface area contributed by atoms with Crippen LogP contribution in [0.15, 0.2) is 34.2 Å². The monoisotopic (exact) mass is 289 g/mol. The van der Waals surface area contributed by atoms with Crippen LogP contribution in [-0.4, -0.2) is 28.6 Å². The van der Waals surface area contributed by atoms with Crippen LogP contribution in [0.3, 0.4) is 0 Å². The van der Waals surface area contributed by atoms with Gasteiger partial charge in [0, 0.05) is 0 Å². The van der Waals surface area contributed by atoms with E-state index in [-0.39, 0.29) is 5.56 Å². The Bertz CT molecular complexity index is 749. The predicted molar refractivity (Wildman–Crippen MR) is 77.3 cm³/mol. The summed E-state index contributed by atoms with van der Waals surface area (Å²) in [4.78, 5) is 28.0. The molecule has 1 N–H and O–H groups in total. The first kappa shape index (κ1) is 14.0. The maximum Gasteiger partial charge on any atom is 0.426 e. The third-order valence-electron chi connectivity index (χ3n) is 2.42. The van der Waals surface area contributed by atoms with Gasteiger partial charge in [0.15, 0.2) is 5.16 Å². The summed E-state index contributed by atoms with van der Waals surface area (Å²) in [7, 11) is 1.21. The van der Waals surface area contributed by atoms with Crippen molar-refractivity contribution in [1.82, 2.24) is 9.66 Å². The van der Waals surface area contributed by atoms with Gasteiger partial charge >= 0.3 is 6.09 Å². The van der Waals surface area contributed by atoms with Crippen LogP contribution < -0.4 is 11.0 Å². The Balaban J connectivity index is 2.60. The number of ether oxygens (including phenoxy) is 1. The first-order valence-electron chi connectivity index (χ1n) is 5.60. The molecule has 0 saturated heterocycles. The summed E-state index contributed by atoms with van der Waals surface area (Å²) in [5.41, 5.74) is 2.47. The summed E-state index contributed by atoms with van der Waals surface area (Å²) >= 11 is 1.17. The van der Waals surface area contributed by atoms with Gasteiger partial charge in [-0.05, 0) is 12.1 Å². The second-order valence-electron chi connectivity index (χ2n) is 3.65. The fourth-order valence-electron chi connectivity index (χ4n) is 1.55. The van der Waals surface area contributed by atoms with Crippen molar-refractivity contribution >= 4 is 28.8 Å². The van der Waals surface area contributed by atoms with Crippen molar-refractivity contribution in [3.05, 3.63) is 34.6 Å². The average Bonchev–Trinajstić information content (AvgIpc) is 2.48. The van der Waals surface area contributed by atoms with Crippen LogP contribution in [0.25, 0.3) is 10.9 Å². The molecule has 0 fully saturated rings. The molecule has 102 valence electrons. The van der Waals surface area contributed by atoms with Crippen molar-refractivity contribution in [3.63, 3.8) is 0 Å². The summed E-state index contributed by atoms with van der Waals surface area (Å²) in [6.07, 6.45) is 4.45. The number of fused-ring (bicyclic) bond motifs is 1. The van der Waals surface area contributed by atoms with Crippen LogP contribution in [0.5, 0.6) is 0 Å². The Morgan fingerprint density at radius 3 is 3.00 bits per heavy atom. The van der Waals surface area contributed by atoms with E-state index < -0.39 is 6.09 Å². The lowest BCUT2D eigenvalue weighted by atomic mass is 10.2. The molecule has 1 amide bonds. The van der Waals surface area contributed by atoms with Gasteiger partial charge in [-0.2, -0.15) is 4.68 Å². The molecule has 0 bridgehead atoms. The lowest BCUT2D eigenvalue weighted by Crippen LogP contribution is -2.35. The largest absolute Gasteiger partial charge is 0.452 e. The molecule has 20 heavy (non-hydrogen) atoms. The number of carbonyl (C=O) groups is 1. The maximum atomic E-state index is 12.4. The first-order valence-corrected chi connectivity index (χ1v) is 6.59. The second-order valence-corrected chi connectivity index (χ2v) is 4.59. The fraction of sp³-hybridized carbons (Fsp3) is 0.154. The Morgan fingerprint density at radius 1 is 1.55 bits per heavy atom. The SMILES string of the molecule is C#CCSc1nc2ccccc2c(=O)n1NC(=O)OC. The van der Waals surface area contributed by atoms with E-state index in [4.69, 9.17) is 6.42 Å².